The van der Waals surface area contributed by atoms with Crippen LogP contribution < -0.4 is 10.2 Å². The van der Waals surface area contributed by atoms with Gasteiger partial charge in [-0.15, -0.1) is 0 Å². The summed E-state index contributed by atoms with van der Waals surface area (Å²) < 4.78 is 127. The third kappa shape index (κ3) is 2.52. The predicted octanol–water partition coefficient (Wildman–Crippen LogP) is 2.64. The predicted molar refractivity (Wildman–Crippen MR) is 68.4 cm³/mol. The Morgan fingerprint density at radius 3 is 3.47 bits per heavy atom. The van der Waals surface area contributed by atoms with Crippen molar-refractivity contribution < 1.29 is 21.9 Å². The van der Waals surface area contributed by atoms with Crippen LogP contribution in [-0.2, 0) is 0 Å². The van der Waals surface area contributed by atoms with Crippen molar-refractivity contribution in [3.05, 3.63) is 28.6 Å². The molecule has 1 aromatic rings. The van der Waals surface area contributed by atoms with Gasteiger partial charge in [0.1, 0.15) is 0 Å². The lowest BCUT2D eigenvalue weighted by Crippen LogP contribution is -2.54. The van der Waals surface area contributed by atoms with Gasteiger partial charge in [-0.25, -0.2) is 0 Å². The Morgan fingerprint density at radius 2 is 2.67 bits per heavy atom. The molecule has 2 nitrogen and oxygen atoms in total. The molecule has 1 aliphatic heterocycles. The summed E-state index contributed by atoms with van der Waals surface area (Å²) >= 11 is 2.81. The summed E-state index contributed by atoms with van der Waals surface area (Å²) in [4.78, 5) is -0.240. The highest BCUT2D eigenvalue weighted by molar-refractivity contribution is 9.10. The standard InChI is InChI=1S/C12H17BrN2/c1-9-8-15(10(2)7-14-9)12-5-3-4-11(13)6-12/h3-6,9-10,14H,7-8H2,1-2H3/i1D3,2D3,3D,4D,5D,6D,7D2,8D2,9D,10D. The minimum Gasteiger partial charge on any atom is -0.366 e. The van der Waals surface area contributed by atoms with Crippen LogP contribution in [0.2, 0.25) is 0 Å². The van der Waals surface area contributed by atoms with Crippen molar-refractivity contribution in [2.75, 3.05) is 17.9 Å². The summed E-state index contributed by atoms with van der Waals surface area (Å²) in [7, 11) is 0. The second-order valence-electron chi connectivity index (χ2n) is 2.58. The van der Waals surface area contributed by atoms with E-state index >= 15 is 0 Å². The molecule has 1 aromatic carbocycles. The molecule has 1 N–H and O–H groups in total. The quantitative estimate of drug-likeness (QED) is 0.853. The van der Waals surface area contributed by atoms with E-state index in [-0.39, 0.29) is 4.90 Å². The van der Waals surface area contributed by atoms with E-state index < -0.39 is 73.1 Å². The molecule has 0 aliphatic carbocycles. The van der Waals surface area contributed by atoms with E-state index in [1.807, 2.05) is 0 Å². The number of nitrogens with one attached hydrogen (secondary N) is 1. The summed E-state index contributed by atoms with van der Waals surface area (Å²) in [6, 6.07) is -10.9. The van der Waals surface area contributed by atoms with Crippen LogP contribution in [0.4, 0.5) is 5.69 Å². The molecule has 1 aliphatic rings. The molecule has 15 heavy (non-hydrogen) atoms. The third-order valence-corrected chi connectivity index (χ3v) is 1.95. The van der Waals surface area contributed by atoms with Crippen LogP contribution >= 0.6 is 15.9 Å². The van der Waals surface area contributed by atoms with E-state index in [0.29, 0.717) is 0 Å². The molecule has 1 fully saturated rings. The van der Waals surface area contributed by atoms with Crippen molar-refractivity contribution in [3.8, 4) is 0 Å². The highest BCUT2D eigenvalue weighted by Gasteiger charge is 2.22. The molecule has 0 saturated carbocycles. The fourth-order valence-electron chi connectivity index (χ4n) is 0.965. The zero-order chi connectivity index (χ0) is 24.7. The molecule has 2 rings (SSSR count). The molecule has 1 heterocycles. The zero-order valence-corrected chi connectivity index (χ0v) is 8.91. The lowest BCUT2D eigenvalue weighted by molar-refractivity contribution is 0.425. The normalized spacial score (nSPS) is 60.5. The van der Waals surface area contributed by atoms with E-state index in [2.05, 4.69) is 15.9 Å². The Bertz CT molecular complexity index is 880. The smallest absolute Gasteiger partial charge is 0.0657 e. The average molecular weight is 285 g/mol. The molecule has 0 bridgehead atoms. The lowest BCUT2D eigenvalue weighted by atomic mass is 10.1. The van der Waals surface area contributed by atoms with Crippen molar-refractivity contribution in [1.82, 2.24) is 5.32 Å². The van der Waals surface area contributed by atoms with Crippen molar-refractivity contribution >= 4 is 21.6 Å². The van der Waals surface area contributed by atoms with Crippen LogP contribution in [0, 0.1) is 0 Å². The largest absolute Gasteiger partial charge is 0.366 e. The highest BCUT2D eigenvalue weighted by Crippen LogP contribution is 2.23. The molecule has 0 radical (unpaired) electrons. The first-order chi connectivity index (χ1) is 13.5. The first-order valence-electron chi connectivity index (χ1n) is 11.9. The number of halogens is 1. The van der Waals surface area contributed by atoms with Gasteiger partial charge < -0.3 is 10.2 Å². The second kappa shape index (κ2) is 4.54. The van der Waals surface area contributed by atoms with Crippen molar-refractivity contribution in [2.24, 2.45) is 0 Å². The van der Waals surface area contributed by atoms with Gasteiger partial charge in [0.15, 0.2) is 0 Å². The van der Waals surface area contributed by atoms with E-state index in [0.717, 1.165) is 0 Å². The molecule has 1 saturated heterocycles. The first-order valence-corrected chi connectivity index (χ1v) is 4.65. The average Bonchev–Trinajstić information content (AvgIpc) is 2.57. The van der Waals surface area contributed by atoms with Gasteiger partial charge in [0.25, 0.3) is 0 Å². The minimum atomic E-state index is -3.72. The van der Waals surface area contributed by atoms with Crippen LogP contribution in [0.15, 0.2) is 28.6 Å². The van der Waals surface area contributed by atoms with Gasteiger partial charge in [-0.2, -0.15) is 0 Å². The molecular weight excluding hydrogens is 252 g/mol. The summed E-state index contributed by atoms with van der Waals surface area (Å²) in [5.41, 5.74) is -1.12. The van der Waals surface area contributed by atoms with Gasteiger partial charge in [0.05, 0.1) is 9.60 Å². The highest BCUT2D eigenvalue weighted by atomic mass is 79.9. The molecule has 0 aromatic heterocycles. The topological polar surface area (TPSA) is 15.3 Å². The van der Waals surface area contributed by atoms with Gasteiger partial charge in [-0.05, 0) is 31.8 Å². The molecular formula is C12H17BrN2. The lowest BCUT2D eigenvalue weighted by Gasteiger charge is -2.39. The number of hydrogen-bond donors (Lipinski definition) is 1. The number of benzene rings is 1. The van der Waals surface area contributed by atoms with Crippen LogP contribution in [0.3, 0.4) is 0 Å². The maximum absolute atomic E-state index is 8.52. The van der Waals surface area contributed by atoms with Gasteiger partial charge in [0.2, 0.25) is 0 Å². The Kier molecular flexibility index (Phi) is 0.801. The van der Waals surface area contributed by atoms with Crippen molar-refractivity contribution in [2.45, 2.75) is 25.7 Å². The van der Waals surface area contributed by atoms with E-state index in [4.69, 9.17) is 21.9 Å². The second-order valence-corrected chi connectivity index (χ2v) is 3.38. The molecule has 3 heteroatoms. The fraction of sp³-hybridized carbons (Fsp3) is 0.500. The number of anilines is 1. The van der Waals surface area contributed by atoms with Gasteiger partial charge >= 0.3 is 0 Å². The van der Waals surface area contributed by atoms with Crippen LogP contribution in [0.5, 0.6) is 0 Å². The van der Waals surface area contributed by atoms with Gasteiger partial charge in [-0.3, -0.25) is 0 Å². The summed E-state index contributed by atoms with van der Waals surface area (Å²) in [5, 5.41) is 1.53. The maximum Gasteiger partial charge on any atom is 0.0657 e. The zero-order valence-electron chi connectivity index (χ0n) is 23.3. The minimum absolute atomic E-state index is 0.240. The summed E-state index contributed by atoms with van der Waals surface area (Å²) in [6.45, 7) is -14.6. The SMILES string of the molecule is [2H]c1c([2H])c(Br)c([2H])c(N2C([2H])([2H])C([2H])(C([2H])([2H])[2H])NC([2H])([2H])C2([2H])C([2H])([2H])[2H])c1[2H]. The molecule has 0 spiro atoms. The first kappa shape index (κ1) is 2.65. The molecule has 2 unspecified atom stereocenters. The maximum atomic E-state index is 8.52. The number of nitrogens with zero attached hydrogens (tertiary/aromatic N) is 1. The van der Waals surface area contributed by atoms with Gasteiger partial charge in [0, 0.05) is 47.5 Å². The van der Waals surface area contributed by atoms with Crippen LogP contribution in [-0.4, -0.2) is 25.0 Å². The summed E-state index contributed by atoms with van der Waals surface area (Å²) in [5.74, 6) is 0. The Morgan fingerprint density at radius 1 is 1.73 bits per heavy atom. The van der Waals surface area contributed by atoms with Crippen LogP contribution in [0.1, 0.15) is 35.6 Å². The van der Waals surface area contributed by atoms with Crippen LogP contribution in [0.25, 0.3) is 0 Å². The molecule has 2 atom stereocenters. The Labute approximate surface area is 122 Å². The fourth-order valence-corrected chi connectivity index (χ4v) is 1.25. The van der Waals surface area contributed by atoms with Crippen molar-refractivity contribution in [3.63, 3.8) is 0 Å². The summed E-state index contributed by atoms with van der Waals surface area (Å²) in [6.07, 6.45) is 0. The van der Waals surface area contributed by atoms with E-state index in [1.165, 1.54) is 5.32 Å². The Hall–Kier alpha value is -0.540. The number of piperazine rings is 1. The van der Waals surface area contributed by atoms with Crippen molar-refractivity contribution in [1.29, 1.82) is 0 Å². The monoisotopic (exact) mass is 284 g/mol. The van der Waals surface area contributed by atoms with E-state index in [1.54, 1.807) is 0 Å². The number of rotatable bonds is 1. The number of hydrogen-bond acceptors (Lipinski definition) is 2. The molecule has 82 valence electrons. The van der Waals surface area contributed by atoms with E-state index in [9.17, 15) is 0 Å². The van der Waals surface area contributed by atoms with Gasteiger partial charge in [-0.1, -0.05) is 22.0 Å². The molecule has 0 amide bonds. The third-order valence-electron chi connectivity index (χ3n) is 1.56. The Balaban J connectivity index is 3.15.